The molecule has 114 valence electrons. The van der Waals surface area contributed by atoms with E-state index in [1.807, 2.05) is 6.08 Å². The first-order chi connectivity index (χ1) is 10.1. The van der Waals surface area contributed by atoms with Crippen molar-refractivity contribution in [3.05, 3.63) is 23.5 Å². The molecule has 2 nitrogen and oxygen atoms in total. The van der Waals surface area contributed by atoms with E-state index in [4.69, 9.17) is 0 Å². The molecule has 0 aliphatic heterocycles. The molecule has 4 aliphatic carbocycles. The fourth-order valence-electron chi connectivity index (χ4n) is 6.27. The summed E-state index contributed by atoms with van der Waals surface area (Å²) in [5.74, 6) is 2.93. The third kappa shape index (κ3) is 1.94. The van der Waals surface area contributed by atoms with Crippen LogP contribution in [-0.4, -0.2) is 10.9 Å². The smallest absolute Gasteiger partial charge is 0.159 e. The van der Waals surface area contributed by atoms with Crippen molar-refractivity contribution in [2.75, 3.05) is 0 Å². The van der Waals surface area contributed by atoms with Gasteiger partial charge in [-0.05, 0) is 73.3 Å². The van der Waals surface area contributed by atoms with Crippen molar-refractivity contribution < 1.29 is 9.90 Å². The summed E-state index contributed by atoms with van der Waals surface area (Å²) in [4.78, 5) is 11.9. The van der Waals surface area contributed by atoms with Gasteiger partial charge in [0.15, 0.2) is 5.78 Å². The molecule has 5 atom stereocenters. The molecule has 0 radical (unpaired) electrons. The van der Waals surface area contributed by atoms with Gasteiger partial charge in [0.25, 0.3) is 0 Å². The Hall–Kier alpha value is -1.05. The Balaban J connectivity index is 1.70. The van der Waals surface area contributed by atoms with E-state index in [9.17, 15) is 9.90 Å². The van der Waals surface area contributed by atoms with Gasteiger partial charge in [-0.25, -0.2) is 0 Å². The molecule has 4 rings (SSSR count). The molecule has 0 aromatic heterocycles. The van der Waals surface area contributed by atoms with E-state index in [0.29, 0.717) is 23.7 Å². The maximum absolute atomic E-state index is 11.9. The van der Waals surface area contributed by atoms with Gasteiger partial charge in [-0.3, -0.25) is 4.79 Å². The summed E-state index contributed by atoms with van der Waals surface area (Å²) in [7, 11) is 0. The Bertz CT molecular complexity index is 530. The highest BCUT2D eigenvalue weighted by Crippen LogP contribution is 2.62. The summed E-state index contributed by atoms with van der Waals surface area (Å²) < 4.78 is 0. The zero-order chi connectivity index (χ0) is 14.6. The van der Waals surface area contributed by atoms with E-state index >= 15 is 0 Å². The highest BCUT2D eigenvalue weighted by atomic mass is 16.2. The summed E-state index contributed by atoms with van der Waals surface area (Å²) in [6.07, 6.45) is 12.8. The fourth-order valence-corrected chi connectivity index (χ4v) is 6.27. The average Bonchev–Trinajstić information content (AvgIpc) is 2.87. The van der Waals surface area contributed by atoms with Crippen molar-refractivity contribution in [3.63, 3.8) is 0 Å². The van der Waals surface area contributed by atoms with Gasteiger partial charge in [0.05, 0.1) is 6.26 Å². The van der Waals surface area contributed by atoms with Gasteiger partial charge >= 0.3 is 0 Å². The molecular formula is C19H26O2. The molecule has 2 heteroatoms. The molecule has 0 heterocycles. The van der Waals surface area contributed by atoms with E-state index < -0.39 is 0 Å². The number of hydrogen-bond donors (Lipinski definition) is 1. The number of carbonyl (C=O) groups excluding carboxylic acids is 1. The minimum atomic E-state index is 0.182. The number of fused-ring (bicyclic) bond motifs is 5. The predicted molar refractivity (Wildman–Crippen MR) is 82.8 cm³/mol. The van der Waals surface area contributed by atoms with E-state index in [2.05, 4.69) is 6.92 Å². The summed E-state index contributed by atoms with van der Waals surface area (Å²) in [5, 5.41) is 9.63. The van der Waals surface area contributed by atoms with Gasteiger partial charge in [0.2, 0.25) is 0 Å². The van der Waals surface area contributed by atoms with Gasteiger partial charge in [-0.2, -0.15) is 0 Å². The van der Waals surface area contributed by atoms with Crippen LogP contribution in [0.5, 0.6) is 0 Å². The lowest BCUT2D eigenvalue weighted by molar-refractivity contribution is -0.114. The second-order valence-corrected chi connectivity index (χ2v) is 8.10. The molecule has 1 N–H and O–H groups in total. The fraction of sp³-hybridized carbons (Fsp3) is 0.737. The Morgan fingerprint density at radius 1 is 1.24 bits per heavy atom. The van der Waals surface area contributed by atoms with Crippen LogP contribution in [0.25, 0.3) is 0 Å². The monoisotopic (exact) mass is 286 g/mol. The lowest BCUT2D eigenvalue weighted by Crippen LogP contribution is -2.45. The topological polar surface area (TPSA) is 37.3 Å². The summed E-state index contributed by atoms with van der Waals surface area (Å²) in [5.41, 5.74) is 2.89. The van der Waals surface area contributed by atoms with Gasteiger partial charge in [-0.1, -0.05) is 18.9 Å². The van der Waals surface area contributed by atoms with Crippen LogP contribution >= 0.6 is 0 Å². The second-order valence-electron chi connectivity index (χ2n) is 8.10. The zero-order valence-corrected chi connectivity index (χ0v) is 13.0. The number of hydrogen-bond acceptors (Lipinski definition) is 2. The highest BCUT2D eigenvalue weighted by molar-refractivity contribution is 5.94. The number of ketones is 1. The number of allylic oxidation sites excluding steroid dienone is 2. The lowest BCUT2D eigenvalue weighted by atomic mass is 9.52. The largest absolute Gasteiger partial charge is 0.516 e. The molecule has 21 heavy (non-hydrogen) atoms. The van der Waals surface area contributed by atoms with Crippen LogP contribution in [0.2, 0.25) is 0 Å². The van der Waals surface area contributed by atoms with Crippen molar-refractivity contribution in [1.82, 2.24) is 0 Å². The minimum absolute atomic E-state index is 0.182. The third-order valence-corrected chi connectivity index (χ3v) is 7.16. The molecule has 0 aromatic carbocycles. The molecule has 0 saturated heterocycles. The normalized spacial score (nSPS) is 47.6. The second kappa shape index (κ2) is 4.72. The van der Waals surface area contributed by atoms with E-state index in [-0.39, 0.29) is 5.78 Å². The number of aliphatic hydroxyl groups is 1. The van der Waals surface area contributed by atoms with Crippen molar-refractivity contribution in [2.24, 2.45) is 29.1 Å². The lowest BCUT2D eigenvalue weighted by Gasteiger charge is -2.53. The summed E-state index contributed by atoms with van der Waals surface area (Å²) in [6, 6.07) is 0. The molecule has 0 aromatic rings. The van der Waals surface area contributed by atoms with Crippen LogP contribution in [-0.2, 0) is 4.79 Å². The first-order valence-electron chi connectivity index (χ1n) is 8.69. The van der Waals surface area contributed by atoms with Crippen molar-refractivity contribution in [2.45, 2.75) is 58.3 Å². The van der Waals surface area contributed by atoms with Crippen molar-refractivity contribution in [3.8, 4) is 0 Å². The Morgan fingerprint density at radius 3 is 2.90 bits per heavy atom. The molecule has 0 bridgehead atoms. The van der Waals surface area contributed by atoms with Crippen LogP contribution in [0.15, 0.2) is 23.5 Å². The maximum Gasteiger partial charge on any atom is 0.159 e. The van der Waals surface area contributed by atoms with E-state index in [1.54, 1.807) is 0 Å². The van der Waals surface area contributed by atoms with Gasteiger partial charge < -0.3 is 5.11 Å². The minimum Gasteiger partial charge on any atom is -0.516 e. The molecule has 3 fully saturated rings. The van der Waals surface area contributed by atoms with Crippen molar-refractivity contribution in [1.29, 1.82) is 0 Å². The van der Waals surface area contributed by atoms with Gasteiger partial charge in [0, 0.05) is 12.3 Å². The van der Waals surface area contributed by atoms with Gasteiger partial charge in [-0.15, -0.1) is 0 Å². The standard InChI is InChI=1S/C19H26O2/c1-19-7-2-3-17(19)15-5-4-12-9-14(21)10-13(11-20)18(12)16(15)6-8-19/h9,11,15-18,20H,2-8,10H2,1H3/b13-11+/t15-,16+,17+,18-,19+/m1/s1. The SMILES string of the molecule is C[C@@]12CCC[C@H]1[C@@H]1CCC3=CC(=O)C/C(=C\O)[C@@H]3[C@H]1CC2. The molecular weight excluding hydrogens is 260 g/mol. The first-order valence-corrected chi connectivity index (χ1v) is 8.69. The molecule has 4 aliphatic rings. The van der Waals surface area contributed by atoms with Crippen LogP contribution in [0.4, 0.5) is 0 Å². The molecule has 3 saturated carbocycles. The third-order valence-electron chi connectivity index (χ3n) is 7.16. The van der Waals surface area contributed by atoms with E-state index in [0.717, 1.165) is 23.8 Å². The predicted octanol–water partition coefficient (Wildman–Crippen LogP) is 4.57. The Morgan fingerprint density at radius 2 is 2.10 bits per heavy atom. The zero-order valence-electron chi connectivity index (χ0n) is 13.0. The Kier molecular flexibility index (Phi) is 3.06. The summed E-state index contributed by atoms with van der Waals surface area (Å²) >= 11 is 0. The maximum atomic E-state index is 11.9. The molecule has 0 amide bonds. The van der Waals surface area contributed by atoms with Crippen LogP contribution in [0, 0.1) is 29.1 Å². The van der Waals surface area contributed by atoms with Crippen LogP contribution in [0.1, 0.15) is 58.3 Å². The Labute approximate surface area is 127 Å². The van der Waals surface area contributed by atoms with Crippen LogP contribution < -0.4 is 0 Å². The molecule has 0 spiro atoms. The summed E-state index contributed by atoms with van der Waals surface area (Å²) in [6.45, 7) is 2.51. The number of carbonyl (C=O) groups is 1. The van der Waals surface area contributed by atoms with E-state index in [1.165, 1.54) is 50.4 Å². The van der Waals surface area contributed by atoms with Crippen LogP contribution in [0.3, 0.4) is 0 Å². The number of rotatable bonds is 0. The molecule has 0 unspecified atom stereocenters. The average molecular weight is 286 g/mol. The van der Waals surface area contributed by atoms with Crippen molar-refractivity contribution >= 4 is 5.78 Å². The quantitative estimate of drug-likeness (QED) is 0.662. The first kappa shape index (κ1) is 13.6. The van der Waals surface area contributed by atoms with Gasteiger partial charge in [0.1, 0.15) is 0 Å². The highest BCUT2D eigenvalue weighted by Gasteiger charge is 2.53. The number of aliphatic hydroxyl groups excluding tert-OH is 1.